The fourth-order valence-electron chi connectivity index (χ4n) is 1.65. The van der Waals surface area contributed by atoms with E-state index in [0.29, 0.717) is 6.61 Å². The molecule has 1 N–H and O–H groups in total. The van der Waals surface area contributed by atoms with E-state index in [1.807, 2.05) is 18.2 Å². The molecule has 4 nitrogen and oxygen atoms in total. The van der Waals surface area contributed by atoms with Crippen LogP contribution in [0.25, 0.3) is 10.6 Å². The molecule has 0 amide bonds. The minimum atomic E-state index is 0.0208. The number of methoxy groups -OCH3 is 1. The van der Waals surface area contributed by atoms with Crippen LogP contribution >= 0.6 is 11.3 Å². The molecule has 0 saturated carbocycles. The van der Waals surface area contributed by atoms with Crippen molar-refractivity contribution in [3.8, 4) is 22.1 Å². The van der Waals surface area contributed by atoms with E-state index in [1.54, 1.807) is 13.3 Å². The van der Waals surface area contributed by atoms with Crippen LogP contribution in [0.4, 0.5) is 0 Å². The van der Waals surface area contributed by atoms with Gasteiger partial charge in [0.1, 0.15) is 5.01 Å². The highest BCUT2D eigenvalue weighted by molar-refractivity contribution is 7.15. The van der Waals surface area contributed by atoms with E-state index in [1.165, 1.54) is 11.3 Å². The van der Waals surface area contributed by atoms with E-state index in [0.717, 1.165) is 33.4 Å². The molecular formula is C14H17NO3S. The van der Waals surface area contributed by atoms with E-state index in [2.05, 4.69) is 11.9 Å². The second-order valence-corrected chi connectivity index (χ2v) is 5.12. The molecule has 5 heteroatoms. The maximum atomic E-state index is 9.08. The Kier molecular flexibility index (Phi) is 4.76. The SMILES string of the molecule is CCCOc1cc(-c2ncc(CO)s2)ccc1OC. The highest BCUT2D eigenvalue weighted by Gasteiger charge is 2.09. The first-order valence-electron chi connectivity index (χ1n) is 6.15. The second kappa shape index (κ2) is 6.54. The molecule has 0 bridgehead atoms. The Morgan fingerprint density at radius 3 is 2.79 bits per heavy atom. The van der Waals surface area contributed by atoms with Gasteiger partial charge in [0.05, 0.1) is 25.2 Å². The number of nitrogens with zero attached hydrogens (tertiary/aromatic N) is 1. The first-order chi connectivity index (χ1) is 9.28. The number of hydrogen-bond acceptors (Lipinski definition) is 5. The summed E-state index contributed by atoms with van der Waals surface area (Å²) < 4.78 is 11.0. The van der Waals surface area contributed by atoms with Gasteiger partial charge in [0.2, 0.25) is 0 Å². The highest BCUT2D eigenvalue weighted by Crippen LogP contribution is 2.34. The summed E-state index contributed by atoms with van der Waals surface area (Å²) in [6.45, 7) is 2.73. The number of aliphatic hydroxyl groups is 1. The molecule has 0 aliphatic carbocycles. The topological polar surface area (TPSA) is 51.6 Å². The van der Waals surface area contributed by atoms with E-state index >= 15 is 0 Å². The second-order valence-electron chi connectivity index (χ2n) is 4.00. The third-order valence-corrected chi connectivity index (χ3v) is 3.61. The van der Waals surface area contributed by atoms with Crippen molar-refractivity contribution in [3.63, 3.8) is 0 Å². The molecule has 0 radical (unpaired) electrons. The summed E-state index contributed by atoms with van der Waals surface area (Å²) in [6, 6.07) is 5.74. The predicted molar refractivity (Wildman–Crippen MR) is 75.8 cm³/mol. The Bertz CT molecular complexity index is 539. The molecule has 2 rings (SSSR count). The molecule has 0 aliphatic heterocycles. The van der Waals surface area contributed by atoms with Crippen molar-refractivity contribution in [3.05, 3.63) is 29.3 Å². The number of benzene rings is 1. The fraction of sp³-hybridized carbons (Fsp3) is 0.357. The van der Waals surface area contributed by atoms with Gasteiger partial charge in [0.15, 0.2) is 11.5 Å². The molecule has 19 heavy (non-hydrogen) atoms. The molecule has 0 unspecified atom stereocenters. The maximum Gasteiger partial charge on any atom is 0.161 e. The number of rotatable bonds is 6. The summed E-state index contributed by atoms with van der Waals surface area (Å²) in [5, 5.41) is 9.95. The molecule has 2 aromatic rings. The van der Waals surface area contributed by atoms with E-state index in [-0.39, 0.29) is 6.61 Å². The molecule has 0 fully saturated rings. The van der Waals surface area contributed by atoms with Gasteiger partial charge in [0, 0.05) is 11.8 Å². The average Bonchev–Trinajstić information content (AvgIpc) is 2.93. The van der Waals surface area contributed by atoms with Crippen LogP contribution in [0.1, 0.15) is 18.2 Å². The van der Waals surface area contributed by atoms with E-state index in [9.17, 15) is 0 Å². The summed E-state index contributed by atoms with van der Waals surface area (Å²) in [7, 11) is 1.63. The monoisotopic (exact) mass is 279 g/mol. The lowest BCUT2D eigenvalue weighted by molar-refractivity contribution is 0.285. The quantitative estimate of drug-likeness (QED) is 0.882. The van der Waals surface area contributed by atoms with Gasteiger partial charge >= 0.3 is 0 Å². The first-order valence-corrected chi connectivity index (χ1v) is 6.97. The lowest BCUT2D eigenvalue weighted by Gasteiger charge is -2.10. The fourth-order valence-corrected chi connectivity index (χ4v) is 2.42. The zero-order chi connectivity index (χ0) is 13.7. The Labute approximate surface area is 116 Å². The van der Waals surface area contributed by atoms with Crippen molar-refractivity contribution < 1.29 is 14.6 Å². The number of hydrogen-bond donors (Lipinski definition) is 1. The van der Waals surface area contributed by atoms with Gasteiger partial charge in [-0.25, -0.2) is 4.98 Å². The molecular weight excluding hydrogens is 262 g/mol. The molecule has 0 aliphatic rings. The third kappa shape index (κ3) is 3.24. The van der Waals surface area contributed by atoms with Gasteiger partial charge in [-0.2, -0.15) is 0 Å². The zero-order valence-corrected chi connectivity index (χ0v) is 11.9. The molecule has 0 saturated heterocycles. The summed E-state index contributed by atoms with van der Waals surface area (Å²) in [6.07, 6.45) is 2.64. The van der Waals surface area contributed by atoms with Crippen LogP contribution in [0.3, 0.4) is 0 Å². The third-order valence-electron chi connectivity index (χ3n) is 2.58. The van der Waals surface area contributed by atoms with Gasteiger partial charge in [-0.05, 0) is 24.6 Å². The van der Waals surface area contributed by atoms with Crippen molar-refractivity contribution >= 4 is 11.3 Å². The highest BCUT2D eigenvalue weighted by atomic mass is 32.1. The largest absolute Gasteiger partial charge is 0.493 e. The summed E-state index contributed by atoms with van der Waals surface area (Å²) in [5.41, 5.74) is 0.969. The Balaban J connectivity index is 2.30. The molecule has 1 aromatic carbocycles. The Hall–Kier alpha value is -1.59. The lowest BCUT2D eigenvalue weighted by Crippen LogP contribution is -1.97. The van der Waals surface area contributed by atoms with Crippen LogP contribution in [0.15, 0.2) is 24.4 Å². The summed E-state index contributed by atoms with van der Waals surface area (Å²) >= 11 is 1.47. The van der Waals surface area contributed by atoms with Gasteiger partial charge in [0.25, 0.3) is 0 Å². The molecule has 0 atom stereocenters. The Morgan fingerprint density at radius 1 is 1.32 bits per heavy atom. The van der Waals surface area contributed by atoms with Crippen molar-refractivity contribution in [1.29, 1.82) is 0 Å². The van der Waals surface area contributed by atoms with Crippen molar-refractivity contribution in [2.45, 2.75) is 20.0 Å². The smallest absolute Gasteiger partial charge is 0.161 e. The van der Waals surface area contributed by atoms with Gasteiger partial charge in [-0.3, -0.25) is 0 Å². The lowest BCUT2D eigenvalue weighted by atomic mass is 10.2. The van der Waals surface area contributed by atoms with Crippen molar-refractivity contribution in [2.75, 3.05) is 13.7 Å². The molecule has 1 heterocycles. The van der Waals surface area contributed by atoms with Gasteiger partial charge in [-0.1, -0.05) is 6.92 Å². The number of thiazole rings is 1. The number of aliphatic hydroxyl groups excluding tert-OH is 1. The molecule has 102 valence electrons. The average molecular weight is 279 g/mol. The predicted octanol–water partition coefficient (Wildman–Crippen LogP) is 3.10. The van der Waals surface area contributed by atoms with Gasteiger partial charge in [-0.15, -0.1) is 11.3 Å². The van der Waals surface area contributed by atoms with Crippen molar-refractivity contribution in [1.82, 2.24) is 4.98 Å². The first kappa shape index (κ1) is 13.8. The van der Waals surface area contributed by atoms with Gasteiger partial charge < -0.3 is 14.6 Å². The van der Waals surface area contributed by atoms with Crippen LogP contribution in [0, 0.1) is 0 Å². The normalized spacial score (nSPS) is 10.5. The summed E-state index contributed by atoms with van der Waals surface area (Å²) in [4.78, 5) is 5.15. The minimum Gasteiger partial charge on any atom is -0.493 e. The molecule has 1 aromatic heterocycles. The van der Waals surface area contributed by atoms with Crippen LogP contribution in [0.5, 0.6) is 11.5 Å². The maximum absolute atomic E-state index is 9.08. The van der Waals surface area contributed by atoms with Crippen LogP contribution in [-0.4, -0.2) is 23.8 Å². The number of ether oxygens (including phenoxy) is 2. The zero-order valence-electron chi connectivity index (χ0n) is 11.0. The minimum absolute atomic E-state index is 0.0208. The van der Waals surface area contributed by atoms with Crippen LogP contribution in [-0.2, 0) is 6.61 Å². The van der Waals surface area contributed by atoms with E-state index < -0.39 is 0 Å². The summed E-state index contributed by atoms with van der Waals surface area (Å²) in [5.74, 6) is 1.44. The standard InChI is InChI=1S/C14H17NO3S/c1-3-6-18-13-7-10(4-5-12(13)17-2)14-15-8-11(9-16)19-14/h4-5,7-8,16H,3,6,9H2,1-2H3. The molecule has 0 spiro atoms. The number of aromatic nitrogens is 1. The van der Waals surface area contributed by atoms with Crippen molar-refractivity contribution in [2.24, 2.45) is 0 Å². The van der Waals surface area contributed by atoms with Crippen LogP contribution < -0.4 is 9.47 Å². The Morgan fingerprint density at radius 2 is 2.16 bits per heavy atom. The van der Waals surface area contributed by atoms with Crippen LogP contribution in [0.2, 0.25) is 0 Å². The van der Waals surface area contributed by atoms with E-state index in [4.69, 9.17) is 14.6 Å².